The van der Waals surface area contributed by atoms with E-state index in [2.05, 4.69) is 28.1 Å². The number of amides is 1. The normalized spacial score (nSPS) is 11.0. The van der Waals surface area contributed by atoms with Gasteiger partial charge in [-0.3, -0.25) is 9.69 Å². The Balaban J connectivity index is 1.85. The van der Waals surface area contributed by atoms with Gasteiger partial charge in [0, 0.05) is 34.9 Å². The van der Waals surface area contributed by atoms with Crippen LogP contribution in [0.4, 0.5) is 0 Å². The van der Waals surface area contributed by atoms with Crippen LogP contribution in [0, 0.1) is 0 Å². The lowest BCUT2D eigenvalue weighted by atomic mass is 10.1. The van der Waals surface area contributed by atoms with Crippen molar-refractivity contribution in [1.29, 1.82) is 0 Å². The third-order valence-corrected chi connectivity index (χ3v) is 5.46. The molecule has 4 nitrogen and oxygen atoms in total. The van der Waals surface area contributed by atoms with E-state index in [4.69, 9.17) is 0 Å². The van der Waals surface area contributed by atoms with E-state index >= 15 is 0 Å². The number of hydrogen-bond acceptors (Lipinski definition) is 4. The molecule has 0 saturated heterocycles. The zero-order valence-corrected chi connectivity index (χ0v) is 16.2. The van der Waals surface area contributed by atoms with Gasteiger partial charge >= 0.3 is 0 Å². The van der Waals surface area contributed by atoms with Gasteiger partial charge < -0.3 is 10.0 Å². The molecule has 24 heavy (non-hydrogen) atoms. The summed E-state index contributed by atoms with van der Waals surface area (Å²) < 4.78 is 1.05. The Morgan fingerprint density at radius 1 is 1.25 bits per heavy atom. The van der Waals surface area contributed by atoms with Gasteiger partial charge in [-0.05, 0) is 34.0 Å². The molecule has 1 aromatic carbocycles. The lowest BCUT2D eigenvalue weighted by Gasteiger charge is -2.24. The number of carbonyl (C=O) groups excluding carboxylic acids is 1. The van der Waals surface area contributed by atoms with Gasteiger partial charge in [0.1, 0.15) is 0 Å². The third-order valence-electron chi connectivity index (χ3n) is 3.78. The number of rotatable bonds is 9. The van der Waals surface area contributed by atoms with Crippen LogP contribution in [0.1, 0.15) is 10.4 Å². The highest BCUT2D eigenvalue weighted by Crippen LogP contribution is 2.20. The molecule has 1 N–H and O–H groups in total. The monoisotopic (exact) mass is 410 g/mol. The molecule has 0 aliphatic rings. The van der Waals surface area contributed by atoms with Crippen LogP contribution >= 0.6 is 27.3 Å². The van der Waals surface area contributed by atoms with Crippen LogP contribution in [0.25, 0.3) is 0 Å². The molecule has 0 atom stereocenters. The van der Waals surface area contributed by atoms with E-state index < -0.39 is 0 Å². The molecule has 6 heteroatoms. The van der Waals surface area contributed by atoms with Crippen molar-refractivity contribution < 1.29 is 9.90 Å². The molecule has 0 fully saturated rings. The van der Waals surface area contributed by atoms with Crippen LogP contribution in [-0.4, -0.2) is 54.1 Å². The fourth-order valence-electron chi connectivity index (χ4n) is 2.41. The smallest absolute Gasteiger partial charge is 0.236 e. The lowest BCUT2D eigenvalue weighted by molar-refractivity contribution is -0.131. The Kier molecular flexibility index (Phi) is 7.91. The average molecular weight is 411 g/mol. The number of hydrogen-bond donors (Lipinski definition) is 1. The summed E-state index contributed by atoms with van der Waals surface area (Å²) in [6, 6.07) is 12.2. The third kappa shape index (κ3) is 6.36. The SMILES string of the molecule is CN(Cc1cc(Br)cs1)C(=O)CN(CCO)CCc1ccccc1. The van der Waals surface area contributed by atoms with Crippen molar-refractivity contribution in [2.24, 2.45) is 0 Å². The van der Waals surface area contributed by atoms with E-state index in [1.165, 1.54) is 5.56 Å². The highest BCUT2D eigenvalue weighted by Gasteiger charge is 2.15. The first-order chi connectivity index (χ1) is 11.6. The van der Waals surface area contributed by atoms with Crippen molar-refractivity contribution in [1.82, 2.24) is 9.80 Å². The minimum atomic E-state index is 0.0592. The predicted molar refractivity (Wildman–Crippen MR) is 102 cm³/mol. The molecule has 0 unspecified atom stereocenters. The van der Waals surface area contributed by atoms with E-state index in [0.29, 0.717) is 19.6 Å². The van der Waals surface area contributed by atoms with E-state index in [1.54, 1.807) is 16.2 Å². The van der Waals surface area contributed by atoms with Crippen LogP contribution in [0.2, 0.25) is 0 Å². The summed E-state index contributed by atoms with van der Waals surface area (Å²) in [6.45, 7) is 2.27. The molecule has 2 aromatic rings. The topological polar surface area (TPSA) is 43.8 Å². The number of benzene rings is 1. The van der Waals surface area contributed by atoms with Crippen LogP contribution in [0.15, 0.2) is 46.3 Å². The predicted octanol–water partition coefficient (Wildman–Crippen LogP) is 3.01. The van der Waals surface area contributed by atoms with Crippen LogP contribution in [0.3, 0.4) is 0 Å². The molecule has 0 spiro atoms. The number of aliphatic hydroxyl groups excluding tert-OH is 1. The molecule has 0 saturated carbocycles. The molecule has 1 amide bonds. The Bertz CT molecular complexity index is 633. The Morgan fingerprint density at radius 2 is 2.00 bits per heavy atom. The van der Waals surface area contributed by atoms with Crippen molar-refractivity contribution in [3.8, 4) is 0 Å². The van der Waals surface area contributed by atoms with Gasteiger partial charge in [-0.1, -0.05) is 30.3 Å². The molecule has 1 aromatic heterocycles. The second-order valence-corrected chi connectivity index (χ2v) is 7.63. The minimum Gasteiger partial charge on any atom is -0.395 e. The summed E-state index contributed by atoms with van der Waals surface area (Å²) in [4.78, 5) is 17.3. The second kappa shape index (κ2) is 9.93. The zero-order valence-electron chi connectivity index (χ0n) is 13.8. The van der Waals surface area contributed by atoms with Gasteiger partial charge in [-0.2, -0.15) is 0 Å². The fraction of sp³-hybridized carbons (Fsp3) is 0.389. The molecule has 0 radical (unpaired) electrons. The minimum absolute atomic E-state index is 0.0592. The van der Waals surface area contributed by atoms with E-state index in [9.17, 15) is 9.90 Å². The van der Waals surface area contributed by atoms with Crippen molar-refractivity contribution in [2.45, 2.75) is 13.0 Å². The van der Waals surface area contributed by atoms with Crippen molar-refractivity contribution in [3.05, 3.63) is 56.7 Å². The summed E-state index contributed by atoms with van der Waals surface area (Å²) >= 11 is 5.07. The maximum absolute atomic E-state index is 12.4. The standard InChI is InChI=1S/C18H23BrN2O2S/c1-20(12-17-11-16(19)14-24-17)18(23)13-21(9-10-22)8-7-15-5-3-2-4-6-15/h2-6,11,14,22H,7-10,12-13H2,1H3. The number of likely N-dealkylation sites (N-methyl/N-ethyl adjacent to an activating group) is 1. The van der Waals surface area contributed by atoms with Gasteiger partial charge in [-0.15, -0.1) is 11.3 Å². The van der Waals surface area contributed by atoms with Crippen LogP contribution < -0.4 is 0 Å². The highest BCUT2D eigenvalue weighted by atomic mass is 79.9. The number of thiophene rings is 1. The maximum Gasteiger partial charge on any atom is 0.236 e. The molecule has 130 valence electrons. The van der Waals surface area contributed by atoms with Crippen LogP contribution in [-0.2, 0) is 17.8 Å². The van der Waals surface area contributed by atoms with Gasteiger partial charge in [0.25, 0.3) is 0 Å². The number of carbonyl (C=O) groups is 1. The maximum atomic E-state index is 12.4. The first-order valence-corrected chi connectivity index (χ1v) is 9.59. The van der Waals surface area contributed by atoms with Gasteiger partial charge in [0.2, 0.25) is 5.91 Å². The molecular formula is C18H23BrN2O2S. The average Bonchev–Trinajstić information content (AvgIpc) is 2.98. The summed E-state index contributed by atoms with van der Waals surface area (Å²) in [5.41, 5.74) is 1.24. The quantitative estimate of drug-likeness (QED) is 0.690. The first kappa shape index (κ1) is 19.1. The van der Waals surface area contributed by atoms with Crippen LogP contribution in [0.5, 0.6) is 0 Å². The lowest BCUT2D eigenvalue weighted by Crippen LogP contribution is -2.40. The summed E-state index contributed by atoms with van der Waals surface area (Å²) in [5, 5.41) is 11.3. The Labute approximate surface area is 155 Å². The summed E-state index contributed by atoms with van der Waals surface area (Å²) in [6.07, 6.45) is 0.871. The zero-order chi connectivity index (χ0) is 17.4. The molecule has 0 bridgehead atoms. The van der Waals surface area contributed by atoms with E-state index in [1.807, 2.05) is 41.6 Å². The second-order valence-electron chi connectivity index (χ2n) is 5.72. The molecule has 0 aliphatic heterocycles. The molecule has 2 rings (SSSR count). The Hall–Kier alpha value is -1.21. The largest absolute Gasteiger partial charge is 0.395 e. The first-order valence-electron chi connectivity index (χ1n) is 7.92. The fourth-order valence-corrected chi connectivity index (χ4v) is 3.92. The summed E-state index contributed by atoms with van der Waals surface area (Å²) in [5.74, 6) is 0.0704. The number of nitrogens with zero attached hydrogens (tertiary/aromatic N) is 2. The van der Waals surface area contributed by atoms with Crippen molar-refractivity contribution >= 4 is 33.2 Å². The molecule has 0 aliphatic carbocycles. The van der Waals surface area contributed by atoms with Gasteiger partial charge in [0.05, 0.1) is 19.7 Å². The van der Waals surface area contributed by atoms with Crippen molar-refractivity contribution in [2.75, 3.05) is 33.3 Å². The van der Waals surface area contributed by atoms with Gasteiger partial charge in [0.15, 0.2) is 0 Å². The number of aliphatic hydroxyl groups is 1. The Morgan fingerprint density at radius 3 is 2.62 bits per heavy atom. The van der Waals surface area contributed by atoms with Crippen molar-refractivity contribution in [3.63, 3.8) is 0 Å². The van der Waals surface area contributed by atoms with E-state index in [-0.39, 0.29) is 12.5 Å². The van der Waals surface area contributed by atoms with E-state index in [0.717, 1.165) is 22.3 Å². The molecular weight excluding hydrogens is 388 g/mol. The highest BCUT2D eigenvalue weighted by molar-refractivity contribution is 9.10. The molecule has 1 heterocycles. The van der Waals surface area contributed by atoms with Gasteiger partial charge in [-0.25, -0.2) is 0 Å². The number of halogens is 1. The summed E-state index contributed by atoms with van der Waals surface area (Å²) in [7, 11) is 1.82.